The molecule has 0 spiro atoms. The minimum absolute atomic E-state index is 0.00784. The Hall–Kier alpha value is -3.48. The second kappa shape index (κ2) is 7.01. The Bertz CT molecular complexity index is 1290. The average Bonchev–Trinajstić information content (AvgIpc) is 3.60. The average molecular weight is 446 g/mol. The fourth-order valence-electron chi connectivity index (χ4n) is 5.78. The topological polar surface area (TPSA) is 74.9 Å². The first kappa shape index (κ1) is 20.1. The number of nitrogens with one attached hydrogen (secondary N) is 1. The summed E-state index contributed by atoms with van der Waals surface area (Å²) < 4.78 is 11.3. The van der Waals surface area contributed by atoms with Gasteiger partial charge < -0.3 is 24.3 Å². The van der Waals surface area contributed by atoms with Gasteiger partial charge in [-0.05, 0) is 37.5 Å². The van der Waals surface area contributed by atoms with Gasteiger partial charge in [0.2, 0.25) is 5.91 Å². The molecule has 2 aliphatic heterocycles. The van der Waals surface area contributed by atoms with Crippen molar-refractivity contribution < 1.29 is 19.1 Å². The van der Waals surface area contributed by atoms with Gasteiger partial charge >= 0.3 is 0 Å². The van der Waals surface area contributed by atoms with E-state index in [0.29, 0.717) is 18.0 Å². The number of methoxy groups -OCH3 is 2. The first-order valence-electron chi connectivity index (χ1n) is 11.4. The van der Waals surface area contributed by atoms with Crippen molar-refractivity contribution in [1.29, 1.82) is 0 Å². The third-order valence-corrected chi connectivity index (χ3v) is 7.57. The second-order valence-corrected chi connectivity index (χ2v) is 9.34. The van der Waals surface area contributed by atoms with E-state index < -0.39 is 5.54 Å². The van der Waals surface area contributed by atoms with Crippen LogP contribution in [-0.4, -0.2) is 59.9 Å². The number of hydrogen-bond acceptors (Lipinski definition) is 4. The normalized spacial score (nSPS) is 24.6. The summed E-state index contributed by atoms with van der Waals surface area (Å²) in [4.78, 5) is 34.5. The zero-order chi connectivity index (χ0) is 22.9. The number of rotatable bonds is 4. The van der Waals surface area contributed by atoms with E-state index in [1.807, 2.05) is 43.3 Å². The van der Waals surface area contributed by atoms with Gasteiger partial charge in [0, 0.05) is 35.0 Å². The maximum absolute atomic E-state index is 13.9. The zero-order valence-corrected chi connectivity index (χ0v) is 19.1. The molecular formula is C26H27N3O4. The standard InChI is InChI=1S/C26H27N3O4/c1-26-24-22(17-7-4-5-9-19(17)27-24)18(16-8-6-10-20(32-2)23(16)33-3)13-29(26)21(30)14-28(25(26)31)15-11-12-15/h4-10,15,18,27H,11-14H2,1-3H3/t18-,26-/m0/s1. The monoisotopic (exact) mass is 445 g/mol. The van der Waals surface area contributed by atoms with Crippen molar-refractivity contribution in [2.75, 3.05) is 27.3 Å². The third kappa shape index (κ3) is 2.68. The number of benzene rings is 2. The summed E-state index contributed by atoms with van der Waals surface area (Å²) in [6.45, 7) is 2.45. The molecule has 0 unspecified atom stereocenters. The first-order chi connectivity index (χ1) is 16.0. The summed E-state index contributed by atoms with van der Waals surface area (Å²) >= 11 is 0. The van der Waals surface area contributed by atoms with Gasteiger partial charge in [0.15, 0.2) is 17.0 Å². The van der Waals surface area contributed by atoms with Crippen molar-refractivity contribution in [2.45, 2.75) is 37.3 Å². The Balaban J connectivity index is 1.62. The summed E-state index contributed by atoms with van der Waals surface area (Å²) in [6, 6.07) is 14.1. The minimum atomic E-state index is -1.06. The van der Waals surface area contributed by atoms with Crippen LogP contribution in [0.5, 0.6) is 11.5 Å². The predicted octanol–water partition coefficient (Wildman–Crippen LogP) is 3.38. The molecular weight excluding hydrogens is 418 g/mol. The molecule has 1 saturated carbocycles. The molecule has 3 heterocycles. The molecule has 0 radical (unpaired) electrons. The first-order valence-corrected chi connectivity index (χ1v) is 11.4. The number of piperazine rings is 1. The minimum Gasteiger partial charge on any atom is -0.493 e. The van der Waals surface area contributed by atoms with Crippen molar-refractivity contribution in [3.8, 4) is 11.5 Å². The van der Waals surface area contributed by atoms with Crippen LogP contribution in [0.3, 0.4) is 0 Å². The zero-order valence-electron chi connectivity index (χ0n) is 19.1. The van der Waals surface area contributed by atoms with Crippen molar-refractivity contribution in [1.82, 2.24) is 14.8 Å². The number of carbonyl (C=O) groups is 2. The van der Waals surface area contributed by atoms with E-state index in [0.717, 1.165) is 40.6 Å². The number of amides is 2. The number of aromatic amines is 1. The van der Waals surface area contributed by atoms with E-state index in [1.165, 1.54) is 0 Å². The fraction of sp³-hybridized carbons (Fsp3) is 0.385. The number of nitrogens with zero attached hydrogens (tertiary/aromatic N) is 2. The molecule has 170 valence electrons. The van der Waals surface area contributed by atoms with Gasteiger partial charge in [-0.15, -0.1) is 0 Å². The molecule has 6 rings (SSSR count). The molecule has 1 N–H and O–H groups in total. The summed E-state index contributed by atoms with van der Waals surface area (Å²) in [7, 11) is 3.25. The Morgan fingerprint density at radius 1 is 1.03 bits per heavy atom. The summed E-state index contributed by atoms with van der Waals surface area (Å²) in [5.41, 5.74) is 2.69. The largest absolute Gasteiger partial charge is 0.493 e. The van der Waals surface area contributed by atoms with Crippen LogP contribution in [0.25, 0.3) is 10.9 Å². The van der Waals surface area contributed by atoms with E-state index in [1.54, 1.807) is 24.0 Å². The fourth-order valence-corrected chi connectivity index (χ4v) is 5.78. The summed E-state index contributed by atoms with van der Waals surface area (Å²) in [6.07, 6.45) is 1.94. The van der Waals surface area contributed by atoms with Gasteiger partial charge in [-0.2, -0.15) is 0 Å². The van der Waals surface area contributed by atoms with Crippen LogP contribution in [0, 0.1) is 0 Å². The van der Waals surface area contributed by atoms with E-state index in [2.05, 4.69) is 11.1 Å². The molecule has 2 aromatic carbocycles. The highest BCUT2D eigenvalue weighted by Crippen LogP contribution is 2.51. The second-order valence-electron chi connectivity index (χ2n) is 9.34. The van der Waals surface area contributed by atoms with Crippen molar-refractivity contribution >= 4 is 22.7 Å². The lowest BCUT2D eigenvalue weighted by Crippen LogP contribution is -2.67. The van der Waals surface area contributed by atoms with Crippen molar-refractivity contribution in [3.63, 3.8) is 0 Å². The lowest BCUT2D eigenvalue weighted by atomic mass is 9.76. The van der Waals surface area contributed by atoms with Crippen molar-refractivity contribution in [2.24, 2.45) is 0 Å². The Kier molecular flexibility index (Phi) is 4.28. The number of carbonyl (C=O) groups excluding carboxylic acids is 2. The number of H-pyrrole nitrogens is 1. The highest BCUT2D eigenvalue weighted by atomic mass is 16.5. The molecule has 1 aliphatic carbocycles. The molecule has 7 heteroatoms. The molecule has 2 fully saturated rings. The van der Waals surface area contributed by atoms with Gasteiger partial charge in [0.05, 0.1) is 19.9 Å². The van der Waals surface area contributed by atoms with E-state index in [9.17, 15) is 9.59 Å². The number of aromatic nitrogens is 1. The lowest BCUT2D eigenvalue weighted by Gasteiger charge is -2.51. The maximum atomic E-state index is 13.9. The maximum Gasteiger partial charge on any atom is 0.255 e. The molecule has 2 atom stereocenters. The third-order valence-electron chi connectivity index (χ3n) is 7.57. The number of fused-ring (bicyclic) bond motifs is 5. The van der Waals surface area contributed by atoms with Crippen LogP contribution in [0.4, 0.5) is 0 Å². The molecule has 1 saturated heterocycles. The van der Waals surface area contributed by atoms with E-state index in [4.69, 9.17) is 9.47 Å². The van der Waals surface area contributed by atoms with Crippen LogP contribution < -0.4 is 9.47 Å². The van der Waals surface area contributed by atoms with Crippen LogP contribution in [0.15, 0.2) is 42.5 Å². The molecule has 0 bridgehead atoms. The Morgan fingerprint density at radius 2 is 1.82 bits per heavy atom. The number of para-hydroxylation sites is 2. The quantitative estimate of drug-likeness (QED) is 0.668. The van der Waals surface area contributed by atoms with E-state index in [-0.39, 0.29) is 30.3 Å². The molecule has 7 nitrogen and oxygen atoms in total. The van der Waals surface area contributed by atoms with Gasteiger partial charge in [-0.3, -0.25) is 9.59 Å². The lowest BCUT2D eigenvalue weighted by molar-refractivity contribution is -0.166. The molecule has 3 aliphatic rings. The predicted molar refractivity (Wildman–Crippen MR) is 123 cm³/mol. The Labute approximate surface area is 192 Å². The van der Waals surface area contributed by atoms with Crippen LogP contribution in [0.2, 0.25) is 0 Å². The van der Waals surface area contributed by atoms with Crippen molar-refractivity contribution in [3.05, 3.63) is 59.3 Å². The molecule has 2 amide bonds. The smallest absolute Gasteiger partial charge is 0.255 e. The SMILES string of the molecule is COc1cccc([C@@H]2CN3C(=O)CN(C4CC4)C(=O)[C@]3(C)c3[nH]c4ccccc4c32)c1OC. The molecule has 33 heavy (non-hydrogen) atoms. The summed E-state index contributed by atoms with van der Waals surface area (Å²) in [5.74, 6) is 1.12. The summed E-state index contributed by atoms with van der Waals surface area (Å²) in [5, 5.41) is 1.06. The number of hydrogen-bond donors (Lipinski definition) is 1. The van der Waals surface area contributed by atoms with Crippen LogP contribution >= 0.6 is 0 Å². The van der Waals surface area contributed by atoms with Gasteiger partial charge in [0.25, 0.3) is 5.91 Å². The highest BCUT2D eigenvalue weighted by molar-refractivity contribution is 6.01. The number of ether oxygens (including phenoxy) is 2. The molecule has 1 aromatic heterocycles. The molecule has 3 aromatic rings. The van der Waals surface area contributed by atoms with E-state index >= 15 is 0 Å². The van der Waals surface area contributed by atoms with Gasteiger partial charge in [-0.25, -0.2) is 0 Å². The van der Waals surface area contributed by atoms with Crippen LogP contribution in [0.1, 0.15) is 42.5 Å². The van der Waals surface area contributed by atoms with Gasteiger partial charge in [0.1, 0.15) is 6.54 Å². The van der Waals surface area contributed by atoms with Crippen LogP contribution in [-0.2, 0) is 15.1 Å². The van der Waals surface area contributed by atoms with Gasteiger partial charge in [-0.1, -0.05) is 30.3 Å². The Morgan fingerprint density at radius 3 is 2.55 bits per heavy atom. The highest BCUT2D eigenvalue weighted by Gasteiger charge is 2.58.